The fourth-order valence-electron chi connectivity index (χ4n) is 3.36. The highest BCUT2D eigenvalue weighted by molar-refractivity contribution is 14.0. The molecule has 2 N–H and O–H groups in total. The highest BCUT2D eigenvalue weighted by atomic mass is 127. The fourth-order valence-corrected chi connectivity index (χ4v) is 3.36. The number of aryl methyl sites for hydroxylation is 2. The van der Waals surface area contributed by atoms with E-state index in [1.807, 2.05) is 7.05 Å². The average molecular weight is 464 g/mol. The maximum Gasteiger partial charge on any atom is 0.191 e. The smallest absolute Gasteiger partial charge is 0.191 e. The summed E-state index contributed by atoms with van der Waals surface area (Å²) in [5.74, 6) is 0.875. The van der Waals surface area contributed by atoms with Crippen LogP contribution in [0.1, 0.15) is 23.1 Å². The number of nitrogens with one attached hydrogen (secondary N) is 2. The Kier molecular flexibility index (Phi) is 7.75. The first-order valence-electron chi connectivity index (χ1n) is 8.99. The molecule has 1 atom stereocenters. The number of hydrogen-bond acceptors (Lipinski definition) is 2. The minimum absolute atomic E-state index is 0. The molecule has 4 nitrogen and oxygen atoms in total. The number of rotatable bonds is 4. The van der Waals surface area contributed by atoms with Crippen molar-refractivity contribution in [1.29, 1.82) is 0 Å². The van der Waals surface area contributed by atoms with Crippen molar-refractivity contribution in [2.24, 2.45) is 4.99 Å². The Morgan fingerprint density at radius 1 is 1.15 bits per heavy atom. The van der Waals surface area contributed by atoms with E-state index in [9.17, 15) is 0 Å². The lowest BCUT2D eigenvalue weighted by atomic mass is 10.1. The van der Waals surface area contributed by atoms with Crippen LogP contribution in [0.3, 0.4) is 0 Å². The van der Waals surface area contributed by atoms with Gasteiger partial charge >= 0.3 is 0 Å². The van der Waals surface area contributed by atoms with Crippen LogP contribution in [0.2, 0.25) is 0 Å². The summed E-state index contributed by atoms with van der Waals surface area (Å²) in [6.45, 7) is 7.17. The van der Waals surface area contributed by atoms with Gasteiger partial charge in [-0.1, -0.05) is 42.0 Å². The average Bonchev–Trinajstić information content (AvgIpc) is 3.09. The second-order valence-electron chi connectivity index (χ2n) is 6.77. The monoisotopic (exact) mass is 464 g/mol. The van der Waals surface area contributed by atoms with E-state index in [2.05, 4.69) is 82.9 Å². The molecule has 1 aliphatic rings. The van der Waals surface area contributed by atoms with Crippen LogP contribution in [-0.2, 0) is 6.54 Å². The maximum atomic E-state index is 4.39. The predicted molar refractivity (Wildman–Crippen MR) is 122 cm³/mol. The van der Waals surface area contributed by atoms with Gasteiger partial charge in [-0.25, -0.2) is 0 Å². The Labute approximate surface area is 174 Å². The van der Waals surface area contributed by atoms with Crippen LogP contribution in [0.25, 0.3) is 0 Å². The molecule has 2 aromatic carbocycles. The molecule has 0 spiro atoms. The molecule has 0 aromatic heterocycles. The van der Waals surface area contributed by atoms with E-state index in [0.717, 1.165) is 32.0 Å². The number of anilines is 1. The molecule has 1 aliphatic heterocycles. The van der Waals surface area contributed by atoms with Gasteiger partial charge in [-0.2, -0.15) is 0 Å². The molecule has 1 unspecified atom stereocenters. The van der Waals surface area contributed by atoms with E-state index in [1.165, 1.54) is 22.4 Å². The third kappa shape index (κ3) is 5.37. The zero-order valence-electron chi connectivity index (χ0n) is 15.8. The Bertz CT molecular complexity index is 730. The maximum absolute atomic E-state index is 4.39. The molecule has 26 heavy (non-hydrogen) atoms. The van der Waals surface area contributed by atoms with Crippen molar-refractivity contribution in [2.75, 3.05) is 25.0 Å². The lowest BCUT2D eigenvalue weighted by Crippen LogP contribution is -2.44. The highest BCUT2D eigenvalue weighted by Gasteiger charge is 2.23. The largest absolute Gasteiger partial charge is 0.369 e. The van der Waals surface area contributed by atoms with Crippen molar-refractivity contribution < 1.29 is 0 Å². The SMILES string of the molecule is CN=C(NCc1ccc(C)cc1C)NC1CCN(c2ccccc2)C1.I. The molecular formula is C21H29IN4. The van der Waals surface area contributed by atoms with Gasteiger partial charge < -0.3 is 15.5 Å². The zero-order chi connectivity index (χ0) is 17.6. The first-order valence-corrected chi connectivity index (χ1v) is 8.99. The van der Waals surface area contributed by atoms with E-state index in [1.54, 1.807) is 0 Å². The summed E-state index contributed by atoms with van der Waals surface area (Å²) < 4.78 is 0. The van der Waals surface area contributed by atoms with Gasteiger partial charge in [0.25, 0.3) is 0 Å². The van der Waals surface area contributed by atoms with Crippen LogP contribution in [0.15, 0.2) is 53.5 Å². The van der Waals surface area contributed by atoms with Gasteiger partial charge in [0, 0.05) is 38.4 Å². The summed E-state index contributed by atoms with van der Waals surface area (Å²) in [5.41, 5.74) is 5.23. The van der Waals surface area contributed by atoms with Gasteiger partial charge in [-0.3, -0.25) is 4.99 Å². The molecule has 5 heteroatoms. The lowest BCUT2D eigenvalue weighted by Gasteiger charge is -2.20. The minimum Gasteiger partial charge on any atom is -0.369 e. The van der Waals surface area contributed by atoms with Crippen molar-refractivity contribution in [1.82, 2.24) is 10.6 Å². The number of hydrogen-bond donors (Lipinski definition) is 2. The van der Waals surface area contributed by atoms with Crippen molar-refractivity contribution in [2.45, 2.75) is 32.9 Å². The van der Waals surface area contributed by atoms with Crippen molar-refractivity contribution >= 4 is 35.6 Å². The molecule has 0 amide bonds. The summed E-state index contributed by atoms with van der Waals surface area (Å²) in [7, 11) is 1.83. The molecule has 0 radical (unpaired) electrons. The number of guanidine groups is 1. The van der Waals surface area contributed by atoms with Gasteiger partial charge in [0.05, 0.1) is 0 Å². The predicted octanol–water partition coefficient (Wildman–Crippen LogP) is 3.87. The summed E-state index contributed by atoms with van der Waals surface area (Å²) in [4.78, 5) is 6.81. The molecule has 0 aliphatic carbocycles. The topological polar surface area (TPSA) is 39.7 Å². The number of para-hydroxylation sites is 1. The van der Waals surface area contributed by atoms with Crippen molar-refractivity contribution in [3.63, 3.8) is 0 Å². The van der Waals surface area contributed by atoms with E-state index in [0.29, 0.717) is 6.04 Å². The third-order valence-electron chi connectivity index (χ3n) is 4.82. The third-order valence-corrected chi connectivity index (χ3v) is 4.82. The summed E-state index contributed by atoms with van der Waals surface area (Å²) in [6.07, 6.45) is 1.12. The molecule has 1 fully saturated rings. The van der Waals surface area contributed by atoms with Gasteiger partial charge in [0.15, 0.2) is 5.96 Å². The van der Waals surface area contributed by atoms with E-state index < -0.39 is 0 Å². The second kappa shape index (κ2) is 9.80. The van der Waals surface area contributed by atoms with Crippen molar-refractivity contribution in [3.05, 3.63) is 65.2 Å². The quantitative estimate of drug-likeness (QED) is 0.410. The van der Waals surface area contributed by atoms with E-state index >= 15 is 0 Å². The van der Waals surface area contributed by atoms with Gasteiger partial charge in [0.1, 0.15) is 0 Å². The molecule has 0 bridgehead atoms. The zero-order valence-corrected chi connectivity index (χ0v) is 18.2. The summed E-state index contributed by atoms with van der Waals surface area (Å²) >= 11 is 0. The van der Waals surface area contributed by atoms with Crippen LogP contribution >= 0.6 is 24.0 Å². The Hall–Kier alpha value is -1.76. The van der Waals surface area contributed by atoms with Crippen LogP contribution in [0, 0.1) is 13.8 Å². The van der Waals surface area contributed by atoms with Crippen molar-refractivity contribution in [3.8, 4) is 0 Å². The molecule has 0 saturated carbocycles. The molecule has 1 heterocycles. The second-order valence-corrected chi connectivity index (χ2v) is 6.77. The molecule has 3 rings (SSSR count). The number of halogens is 1. The number of nitrogens with zero attached hydrogens (tertiary/aromatic N) is 2. The Morgan fingerprint density at radius 3 is 2.62 bits per heavy atom. The van der Waals surface area contributed by atoms with Crippen LogP contribution in [0.5, 0.6) is 0 Å². The molecule has 1 saturated heterocycles. The Morgan fingerprint density at radius 2 is 1.92 bits per heavy atom. The van der Waals surface area contributed by atoms with E-state index in [-0.39, 0.29) is 24.0 Å². The molecule has 2 aromatic rings. The number of aliphatic imine (C=N–C) groups is 1. The lowest BCUT2D eigenvalue weighted by molar-refractivity contribution is 0.648. The first-order chi connectivity index (χ1) is 12.2. The van der Waals surface area contributed by atoms with Gasteiger partial charge in [-0.05, 0) is 43.5 Å². The first kappa shape index (κ1) is 20.6. The summed E-state index contributed by atoms with van der Waals surface area (Å²) in [6, 6.07) is 17.6. The fraction of sp³-hybridized carbons (Fsp3) is 0.381. The summed E-state index contributed by atoms with van der Waals surface area (Å²) in [5, 5.41) is 7.01. The van der Waals surface area contributed by atoms with Crippen LogP contribution in [0.4, 0.5) is 5.69 Å². The van der Waals surface area contributed by atoms with Crippen LogP contribution in [-0.4, -0.2) is 32.1 Å². The van der Waals surface area contributed by atoms with Gasteiger partial charge in [0.2, 0.25) is 0 Å². The van der Waals surface area contributed by atoms with Crippen LogP contribution < -0.4 is 15.5 Å². The normalized spacial score (nSPS) is 17.0. The van der Waals surface area contributed by atoms with Gasteiger partial charge in [-0.15, -0.1) is 24.0 Å². The molecular weight excluding hydrogens is 435 g/mol. The standard InChI is InChI=1S/C21H28N4.HI/c1-16-9-10-18(17(2)13-16)14-23-21(22-3)24-19-11-12-25(15-19)20-7-5-4-6-8-20;/h4-10,13,19H,11-12,14-15H2,1-3H3,(H2,22,23,24);1H. The molecule has 140 valence electrons. The minimum atomic E-state index is 0. The Balaban J connectivity index is 0.00000243. The number of benzene rings is 2. The van der Waals surface area contributed by atoms with E-state index in [4.69, 9.17) is 0 Å². The highest BCUT2D eigenvalue weighted by Crippen LogP contribution is 2.19.